The van der Waals surface area contributed by atoms with Crippen LogP contribution in [-0.4, -0.2) is 29.3 Å². The predicted octanol–water partition coefficient (Wildman–Crippen LogP) is 2.49. The largest absolute Gasteiger partial charge is 0.456 e. The molecule has 0 unspecified atom stereocenters. The Balaban J connectivity index is 1.81. The quantitative estimate of drug-likeness (QED) is 0.931. The van der Waals surface area contributed by atoms with E-state index in [-0.39, 0.29) is 17.9 Å². The molecular formula is C16H21N3O4. The number of nitrogens with one attached hydrogen (secondary N) is 1. The van der Waals surface area contributed by atoms with E-state index in [1.54, 1.807) is 13.0 Å². The molecule has 0 saturated carbocycles. The van der Waals surface area contributed by atoms with Crippen LogP contribution in [0.15, 0.2) is 15.0 Å². The summed E-state index contributed by atoms with van der Waals surface area (Å²) in [5.41, 5.74) is 0.950. The van der Waals surface area contributed by atoms with Gasteiger partial charge in [-0.15, -0.1) is 0 Å². The van der Waals surface area contributed by atoms with E-state index in [0.717, 1.165) is 24.2 Å². The molecule has 0 bridgehead atoms. The highest BCUT2D eigenvalue weighted by Gasteiger charge is 2.32. The highest BCUT2D eigenvalue weighted by atomic mass is 16.5. The second-order valence-electron chi connectivity index (χ2n) is 5.93. The predicted molar refractivity (Wildman–Crippen MR) is 81.0 cm³/mol. The molecule has 0 aromatic carbocycles. The smallest absolute Gasteiger partial charge is 0.287 e. The first kappa shape index (κ1) is 15.7. The van der Waals surface area contributed by atoms with Gasteiger partial charge in [0.05, 0.1) is 0 Å². The molecule has 1 aliphatic heterocycles. The molecule has 0 radical (unpaired) electrons. The lowest BCUT2D eigenvalue weighted by Crippen LogP contribution is -2.36. The fourth-order valence-corrected chi connectivity index (χ4v) is 2.77. The number of amides is 1. The van der Waals surface area contributed by atoms with Gasteiger partial charge in [-0.1, -0.05) is 5.16 Å². The Labute approximate surface area is 134 Å². The van der Waals surface area contributed by atoms with Crippen molar-refractivity contribution in [2.24, 2.45) is 5.92 Å². The van der Waals surface area contributed by atoms with Crippen LogP contribution in [0.25, 0.3) is 0 Å². The van der Waals surface area contributed by atoms with E-state index in [2.05, 4.69) is 15.5 Å². The Kier molecular flexibility index (Phi) is 4.47. The summed E-state index contributed by atoms with van der Waals surface area (Å²) in [7, 11) is 0. The summed E-state index contributed by atoms with van der Waals surface area (Å²) in [6, 6.07) is 1.41. The first-order chi connectivity index (χ1) is 11.0. The maximum absolute atomic E-state index is 12.5. The zero-order valence-electron chi connectivity index (χ0n) is 13.6. The minimum atomic E-state index is -0.335. The summed E-state index contributed by atoms with van der Waals surface area (Å²) in [5, 5.41) is 6.83. The van der Waals surface area contributed by atoms with Gasteiger partial charge in [-0.25, -0.2) is 0 Å². The van der Waals surface area contributed by atoms with Crippen molar-refractivity contribution in [1.82, 2.24) is 15.5 Å². The fourth-order valence-electron chi connectivity index (χ4n) is 2.77. The van der Waals surface area contributed by atoms with E-state index in [0.29, 0.717) is 30.7 Å². The van der Waals surface area contributed by atoms with Crippen LogP contribution < -0.4 is 5.32 Å². The first-order valence-corrected chi connectivity index (χ1v) is 7.80. The van der Waals surface area contributed by atoms with Gasteiger partial charge < -0.3 is 19.0 Å². The zero-order valence-corrected chi connectivity index (χ0v) is 13.6. The van der Waals surface area contributed by atoms with Crippen LogP contribution >= 0.6 is 0 Å². The van der Waals surface area contributed by atoms with Gasteiger partial charge in [0.1, 0.15) is 11.8 Å². The summed E-state index contributed by atoms with van der Waals surface area (Å²) in [6.07, 6.45) is 1.67. The van der Waals surface area contributed by atoms with Crippen molar-refractivity contribution in [3.05, 3.63) is 34.9 Å². The number of aryl methyl sites for hydroxylation is 3. The van der Waals surface area contributed by atoms with E-state index < -0.39 is 0 Å². The van der Waals surface area contributed by atoms with E-state index in [1.165, 1.54) is 0 Å². The third kappa shape index (κ3) is 3.44. The van der Waals surface area contributed by atoms with Gasteiger partial charge >= 0.3 is 0 Å². The topological polar surface area (TPSA) is 90.4 Å². The average molecular weight is 319 g/mol. The van der Waals surface area contributed by atoms with Crippen LogP contribution in [0.2, 0.25) is 0 Å². The molecule has 7 heteroatoms. The average Bonchev–Trinajstić information content (AvgIpc) is 3.12. The maximum Gasteiger partial charge on any atom is 0.287 e. The fraction of sp³-hybridized carbons (Fsp3) is 0.562. The van der Waals surface area contributed by atoms with Crippen molar-refractivity contribution >= 4 is 5.91 Å². The Morgan fingerprint density at radius 1 is 1.30 bits per heavy atom. The van der Waals surface area contributed by atoms with Crippen molar-refractivity contribution in [2.45, 2.75) is 39.7 Å². The van der Waals surface area contributed by atoms with Gasteiger partial charge in [0.2, 0.25) is 5.89 Å². The molecule has 1 fully saturated rings. The minimum Gasteiger partial charge on any atom is -0.456 e. The second kappa shape index (κ2) is 6.54. The van der Waals surface area contributed by atoms with Crippen molar-refractivity contribution in [3.8, 4) is 0 Å². The number of carbonyl (C=O) groups excluding carboxylic acids is 1. The number of furan rings is 1. The molecule has 23 heavy (non-hydrogen) atoms. The zero-order chi connectivity index (χ0) is 16.4. The van der Waals surface area contributed by atoms with Crippen molar-refractivity contribution < 1.29 is 18.5 Å². The molecule has 1 atom stereocenters. The maximum atomic E-state index is 12.5. The number of ether oxygens (including phenoxy) is 1. The molecule has 7 nitrogen and oxygen atoms in total. The van der Waals surface area contributed by atoms with Gasteiger partial charge in [0, 0.05) is 13.2 Å². The highest BCUT2D eigenvalue weighted by molar-refractivity contribution is 5.92. The molecule has 1 N–H and O–H groups in total. The molecule has 2 aromatic rings. The Bertz CT molecular complexity index is 666. The molecule has 1 saturated heterocycles. The van der Waals surface area contributed by atoms with E-state index >= 15 is 0 Å². The SMILES string of the molecule is Cc1noc([C@@H](NC(=O)c2cc(C)c(C)o2)C2CCOCC2)n1. The molecule has 1 amide bonds. The molecule has 0 aliphatic carbocycles. The second-order valence-corrected chi connectivity index (χ2v) is 5.93. The van der Waals surface area contributed by atoms with E-state index in [9.17, 15) is 4.79 Å². The molecule has 124 valence electrons. The summed E-state index contributed by atoms with van der Waals surface area (Å²) in [5.74, 6) is 1.96. The Hall–Kier alpha value is -2.15. The number of hydrogen-bond acceptors (Lipinski definition) is 6. The molecule has 0 spiro atoms. The lowest BCUT2D eigenvalue weighted by Gasteiger charge is -2.28. The van der Waals surface area contributed by atoms with Gasteiger partial charge in [-0.2, -0.15) is 4.98 Å². The molecular weight excluding hydrogens is 298 g/mol. The molecule has 3 rings (SSSR count). The summed E-state index contributed by atoms with van der Waals surface area (Å²) < 4.78 is 16.2. The first-order valence-electron chi connectivity index (χ1n) is 7.80. The third-order valence-electron chi connectivity index (χ3n) is 4.22. The summed E-state index contributed by atoms with van der Waals surface area (Å²) in [4.78, 5) is 16.8. The molecule has 3 heterocycles. The lowest BCUT2D eigenvalue weighted by molar-refractivity contribution is 0.0463. The third-order valence-corrected chi connectivity index (χ3v) is 4.22. The van der Waals surface area contributed by atoms with Gasteiger partial charge in [0.25, 0.3) is 5.91 Å². The summed E-state index contributed by atoms with van der Waals surface area (Å²) >= 11 is 0. The van der Waals surface area contributed by atoms with Crippen molar-refractivity contribution in [3.63, 3.8) is 0 Å². The van der Waals surface area contributed by atoms with Gasteiger partial charge in [0.15, 0.2) is 11.6 Å². The Morgan fingerprint density at radius 2 is 2.04 bits per heavy atom. The number of nitrogens with zero attached hydrogens (tertiary/aromatic N) is 2. The van der Waals surface area contributed by atoms with Crippen LogP contribution in [-0.2, 0) is 4.74 Å². The van der Waals surface area contributed by atoms with Crippen LogP contribution in [0.3, 0.4) is 0 Å². The Morgan fingerprint density at radius 3 is 2.61 bits per heavy atom. The van der Waals surface area contributed by atoms with Crippen LogP contribution in [0.1, 0.15) is 52.5 Å². The highest BCUT2D eigenvalue weighted by Crippen LogP contribution is 2.29. The molecule has 1 aliphatic rings. The van der Waals surface area contributed by atoms with Gasteiger partial charge in [-0.3, -0.25) is 4.79 Å². The van der Waals surface area contributed by atoms with Crippen molar-refractivity contribution in [1.29, 1.82) is 0 Å². The van der Waals surface area contributed by atoms with E-state index in [1.807, 2.05) is 13.8 Å². The number of aromatic nitrogens is 2. The number of carbonyl (C=O) groups is 1. The standard InChI is InChI=1S/C16H21N3O4/c1-9-8-13(22-10(9)2)15(20)18-14(12-4-6-21-7-5-12)16-17-11(3)19-23-16/h8,12,14H,4-7H2,1-3H3,(H,18,20)/t14-/m0/s1. The van der Waals surface area contributed by atoms with Crippen LogP contribution in [0.5, 0.6) is 0 Å². The normalized spacial score (nSPS) is 17.2. The number of rotatable bonds is 4. The van der Waals surface area contributed by atoms with Crippen LogP contribution in [0.4, 0.5) is 0 Å². The molecule has 2 aromatic heterocycles. The monoisotopic (exact) mass is 319 g/mol. The lowest BCUT2D eigenvalue weighted by atomic mass is 9.91. The summed E-state index contributed by atoms with van der Waals surface area (Å²) in [6.45, 7) is 6.84. The van der Waals surface area contributed by atoms with Gasteiger partial charge in [-0.05, 0) is 51.2 Å². The van der Waals surface area contributed by atoms with Crippen LogP contribution in [0, 0.1) is 26.7 Å². The number of hydrogen-bond donors (Lipinski definition) is 1. The minimum absolute atomic E-state index is 0.199. The van der Waals surface area contributed by atoms with Crippen molar-refractivity contribution in [2.75, 3.05) is 13.2 Å². The van der Waals surface area contributed by atoms with E-state index in [4.69, 9.17) is 13.7 Å².